The van der Waals surface area contributed by atoms with E-state index in [1.807, 2.05) is 0 Å². The molecule has 0 saturated heterocycles. The zero-order valence-electron chi connectivity index (χ0n) is 7.86. The van der Waals surface area contributed by atoms with Crippen LogP contribution in [0.25, 0.3) is 0 Å². The van der Waals surface area contributed by atoms with Gasteiger partial charge in [0.15, 0.2) is 0 Å². The summed E-state index contributed by atoms with van der Waals surface area (Å²) in [5.41, 5.74) is -0.207. The first-order chi connectivity index (χ1) is 5.84. The number of hydrogen-bond acceptors (Lipinski definition) is 1. The molecule has 1 nitrogen and oxygen atoms in total. The molecular weight excluding hydrogens is 191 g/mol. The van der Waals surface area contributed by atoms with Gasteiger partial charge in [-0.05, 0) is 26.3 Å². The van der Waals surface area contributed by atoms with E-state index in [-0.39, 0.29) is 5.02 Å². The van der Waals surface area contributed by atoms with Gasteiger partial charge in [-0.1, -0.05) is 23.7 Å². The molecule has 0 bridgehead atoms. The zero-order valence-corrected chi connectivity index (χ0v) is 8.61. The number of aliphatic hydroxyl groups is 1. The lowest BCUT2D eigenvalue weighted by Crippen LogP contribution is -2.16. The van der Waals surface area contributed by atoms with E-state index in [4.69, 9.17) is 11.6 Å². The van der Waals surface area contributed by atoms with Crippen LogP contribution < -0.4 is 0 Å². The van der Waals surface area contributed by atoms with E-state index in [0.717, 1.165) is 0 Å². The summed E-state index contributed by atoms with van der Waals surface area (Å²) in [6.45, 7) is 4.78. The molecule has 0 atom stereocenters. The van der Waals surface area contributed by atoms with Crippen molar-refractivity contribution in [2.45, 2.75) is 26.4 Å². The second-order valence-electron chi connectivity index (χ2n) is 3.62. The molecule has 13 heavy (non-hydrogen) atoms. The number of halogens is 2. The maximum absolute atomic E-state index is 13.3. The topological polar surface area (TPSA) is 20.2 Å². The fourth-order valence-corrected chi connectivity index (χ4v) is 1.56. The second kappa shape index (κ2) is 3.28. The predicted molar refractivity (Wildman–Crippen MR) is 51.4 cm³/mol. The number of hydrogen-bond donors (Lipinski definition) is 1. The SMILES string of the molecule is Cc1ccc(C(C)(C)O)c(Cl)c1F. The summed E-state index contributed by atoms with van der Waals surface area (Å²) in [4.78, 5) is 0. The largest absolute Gasteiger partial charge is 0.386 e. The van der Waals surface area contributed by atoms with Crippen molar-refractivity contribution in [1.29, 1.82) is 0 Å². The van der Waals surface area contributed by atoms with Gasteiger partial charge in [-0.3, -0.25) is 0 Å². The van der Waals surface area contributed by atoms with Crippen molar-refractivity contribution in [1.82, 2.24) is 0 Å². The molecule has 0 unspecified atom stereocenters. The summed E-state index contributed by atoms with van der Waals surface area (Å²) in [5, 5.41) is 9.64. The fourth-order valence-electron chi connectivity index (χ4n) is 1.12. The van der Waals surface area contributed by atoms with Gasteiger partial charge < -0.3 is 5.11 Å². The Bertz CT molecular complexity index is 328. The molecule has 0 aliphatic heterocycles. The van der Waals surface area contributed by atoms with Crippen LogP contribution >= 0.6 is 11.6 Å². The van der Waals surface area contributed by atoms with E-state index in [1.165, 1.54) is 0 Å². The Hall–Kier alpha value is -0.600. The van der Waals surface area contributed by atoms with E-state index in [0.29, 0.717) is 11.1 Å². The standard InChI is InChI=1S/C10H12ClFO/c1-6-4-5-7(10(2,3)13)8(11)9(6)12/h4-5,13H,1-3H3. The molecule has 72 valence electrons. The maximum atomic E-state index is 13.3. The van der Waals surface area contributed by atoms with Gasteiger partial charge in [0, 0.05) is 5.56 Å². The normalized spacial score (nSPS) is 11.8. The Morgan fingerprint density at radius 2 is 1.92 bits per heavy atom. The lowest BCUT2D eigenvalue weighted by Gasteiger charge is -2.19. The minimum Gasteiger partial charge on any atom is -0.386 e. The summed E-state index contributed by atoms with van der Waals surface area (Å²) >= 11 is 5.75. The van der Waals surface area contributed by atoms with Crippen molar-refractivity contribution in [3.05, 3.63) is 34.1 Å². The van der Waals surface area contributed by atoms with Crippen molar-refractivity contribution in [2.24, 2.45) is 0 Å². The van der Waals surface area contributed by atoms with Crippen molar-refractivity contribution in [3.63, 3.8) is 0 Å². The quantitative estimate of drug-likeness (QED) is 0.742. The van der Waals surface area contributed by atoms with E-state index in [1.54, 1.807) is 32.9 Å². The summed E-state index contributed by atoms with van der Waals surface area (Å²) < 4.78 is 13.3. The van der Waals surface area contributed by atoms with Crippen LogP contribution in [0.3, 0.4) is 0 Å². The van der Waals surface area contributed by atoms with Gasteiger partial charge in [0.05, 0.1) is 10.6 Å². The maximum Gasteiger partial charge on any atom is 0.145 e. The second-order valence-corrected chi connectivity index (χ2v) is 3.99. The van der Waals surface area contributed by atoms with Crippen molar-refractivity contribution in [2.75, 3.05) is 0 Å². The summed E-state index contributed by atoms with van der Waals surface area (Å²) in [5.74, 6) is -0.457. The highest BCUT2D eigenvalue weighted by atomic mass is 35.5. The third-order valence-electron chi connectivity index (χ3n) is 1.93. The lowest BCUT2D eigenvalue weighted by molar-refractivity contribution is 0.0783. The molecule has 1 rings (SSSR count). The minimum absolute atomic E-state index is 0.00694. The van der Waals surface area contributed by atoms with Gasteiger partial charge in [0.2, 0.25) is 0 Å². The number of rotatable bonds is 1. The van der Waals surface area contributed by atoms with Gasteiger partial charge in [-0.25, -0.2) is 4.39 Å². The summed E-state index contributed by atoms with van der Waals surface area (Å²) in [7, 11) is 0. The Morgan fingerprint density at radius 3 is 2.38 bits per heavy atom. The Kier molecular flexibility index (Phi) is 2.64. The molecule has 0 fully saturated rings. The molecule has 0 aromatic heterocycles. The molecule has 0 amide bonds. The smallest absolute Gasteiger partial charge is 0.145 e. The van der Waals surface area contributed by atoms with E-state index in [2.05, 4.69) is 0 Å². The Morgan fingerprint density at radius 1 is 1.38 bits per heavy atom. The molecule has 1 aromatic rings. The predicted octanol–water partition coefficient (Wildman–Crippen LogP) is 3.01. The van der Waals surface area contributed by atoms with Gasteiger partial charge >= 0.3 is 0 Å². The van der Waals surface area contributed by atoms with Crippen molar-refractivity contribution < 1.29 is 9.50 Å². The third kappa shape index (κ3) is 2.01. The molecular formula is C10H12ClFO. The molecule has 0 aliphatic rings. The molecule has 0 heterocycles. The van der Waals surface area contributed by atoms with Gasteiger partial charge in [-0.15, -0.1) is 0 Å². The number of benzene rings is 1. The molecule has 1 N–H and O–H groups in total. The highest BCUT2D eigenvalue weighted by molar-refractivity contribution is 6.31. The highest BCUT2D eigenvalue weighted by Gasteiger charge is 2.21. The molecule has 0 spiro atoms. The average Bonchev–Trinajstić information content (AvgIpc) is 1.98. The van der Waals surface area contributed by atoms with E-state index < -0.39 is 11.4 Å². The molecule has 3 heteroatoms. The lowest BCUT2D eigenvalue weighted by atomic mass is 9.97. The van der Waals surface area contributed by atoms with Crippen LogP contribution in [0, 0.1) is 12.7 Å². The van der Waals surface area contributed by atoms with E-state index >= 15 is 0 Å². The number of aryl methyl sites for hydroxylation is 1. The van der Waals surface area contributed by atoms with Crippen LogP contribution in [0.4, 0.5) is 4.39 Å². The molecule has 0 saturated carbocycles. The van der Waals surface area contributed by atoms with Gasteiger partial charge in [-0.2, -0.15) is 0 Å². The van der Waals surface area contributed by atoms with Crippen LogP contribution in [0.5, 0.6) is 0 Å². The van der Waals surface area contributed by atoms with Gasteiger partial charge in [0.1, 0.15) is 5.82 Å². The van der Waals surface area contributed by atoms with Gasteiger partial charge in [0.25, 0.3) is 0 Å². The average molecular weight is 203 g/mol. The van der Waals surface area contributed by atoms with Crippen LogP contribution in [0.1, 0.15) is 25.0 Å². The summed E-state index contributed by atoms with van der Waals surface area (Å²) in [6, 6.07) is 3.25. The minimum atomic E-state index is -1.11. The Labute approximate surface area is 82.2 Å². The van der Waals surface area contributed by atoms with Crippen LogP contribution in [0.15, 0.2) is 12.1 Å². The molecule has 1 aromatic carbocycles. The monoisotopic (exact) mass is 202 g/mol. The highest BCUT2D eigenvalue weighted by Crippen LogP contribution is 2.30. The van der Waals surface area contributed by atoms with Crippen LogP contribution in [-0.4, -0.2) is 5.11 Å². The Balaban J connectivity index is 3.35. The van der Waals surface area contributed by atoms with Crippen LogP contribution in [-0.2, 0) is 5.60 Å². The zero-order chi connectivity index (χ0) is 10.2. The first-order valence-corrected chi connectivity index (χ1v) is 4.39. The van der Waals surface area contributed by atoms with Crippen molar-refractivity contribution >= 4 is 11.6 Å². The third-order valence-corrected chi connectivity index (χ3v) is 2.30. The molecule has 0 aliphatic carbocycles. The van der Waals surface area contributed by atoms with Crippen LogP contribution in [0.2, 0.25) is 5.02 Å². The fraction of sp³-hybridized carbons (Fsp3) is 0.400. The molecule has 0 radical (unpaired) electrons. The van der Waals surface area contributed by atoms with Crippen molar-refractivity contribution in [3.8, 4) is 0 Å². The first-order valence-electron chi connectivity index (χ1n) is 4.01. The summed E-state index contributed by atoms with van der Waals surface area (Å²) in [6.07, 6.45) is 0. The first kappa shape index (κ1) is 10.5. The van der Waals surface area contributed by atoms with E-state index in [9.17, 15) is 9.50 Å².